The maximum atomic E-state index is 13.3. The molecule has 0 aliphatic carbocycles. The predicted molar refractivity (Wildman–Crippen MR) is 90.3 cm³/mol. The monoisotopic (exact) mass is 344 g/mol. The SMILES string of the molecule is Cc1cc(N2CCc3cc(F)ccc3C2)cc(CC(=O)O)c1[N+](=O)[O-]. The Labute approximate surface area is 143 Å². The van der Waals surface area contributed by atoms with Crippen LogP contribution in [0.4, 0.5) is 15.8 Å². The Morgan fingerprint density at radius 3 is 2.76 bits per heavy atom. The maximum Gasteiger partial charge on any atom is 0.308 e. The van der Waals surface area contributed by atoms with E-state index in [1.807, 2.05) is 4.90 Å². The van der Waals surface area contributed by atoms with E-state index in [1.54, 1.807) is 25.1 Å². The molecule has 1 aliphatic heterocycles. The summed E-state index contributed by atoms with van der Waals surface area (Å²) in [5.41, 5.74) is 3.19. The molecule has 2 aromatic carbocycles. The second-order valence-corrected chi connectivity index (χ2v) is 6.18. The highest BCUT2D eigenvalue weighted by atomic mass is 19.1. The number of nitrogens with zero attached hydrogens (tertiary/aromatic N) is 2. The Bertz CT molecular complexity index is 866. The van der Waals surface area contributed by atoms with Crippen LogP contribution in [0.5, 0.6) is 0 Å². The highest BCUT2D eigenvalue weighted by molar-refractivity contribution is 5.74. The summed E-state index contributed by atoms with van der Waals surface area (Å²) in [6, 6.07) is 7.97. The lowest BCUT2D eigenvalue weighted by Gasteiger charge is -2.31. The molecule has 1 aliphatic rings. The molecular weight excluding hydrogens is 327 g/mol. The van der Waals surface area contributed by atoms with E-state index in [9.17, 15) is 19.3 Å². The fourth-order valence-corrected chi connectivity index (χ4v) is 3.32. The van der Waals surface area contributed by atoms with E-state index in [0.29, 0.717) is 25.1 Å². The number of fused-ring (bicyclic) bond motifs is 1. The average molecular weight is 344 g/mol. The first-order valence-electron chi connectivity index (χ1n) is 7.87. The minimum Gasteiger partial charge on any atom is -0.481 e. The highest BCUT2D eigenvalue weighted by Crippen LogP contribution is 2.32. The lowest BCUT2D eigenvalue weighted by molar-refractivity contribution is -0.386. The van der Waals surface area contributed by atoms with Crippen LogP contribution < -0.4 is 4.90 Å². The number of anilines is 1. The summed E-state index contributed by atoms with van der Waals surface area (Å²) in [5.74, 6) is -1.37. The van der Waals surface area contributed by atoms with Gasteiger partial charge in [0.15, 0.2) is 0 Å². The molecule has 1 N–H and O–H groups in total. The highest BCUT2D eigenvalue weighted by Gasteiger charge is 2.24. The van der Waals surface area contributed by atoms with Gasteiger partial charge in [0, 0.05) is 29.9 Å². The molecule has 0 aromatic heterocycles. The number of aliphatic carboxylic acids is 1. The summed E-state index contributed by atoms with van der Waals surface area (Å²) in [6.07, 6.45) is 0.262. The molecule has 1 heterocycles. The van der Waals surface area contributed by atoms with Crippen molar-refractivity contribution in [2.24, 2.45) is 0 Å². The quantitative estimate of drug-likeness (QED) is 0.680. The van der Waals surface area contributed by atoms with Gasteiger partial charge in [-0.3, -0.25) is 14.9 Å². The number of rotatable bonds is 4. The van der Waals surface area contributed by atoms with E-state index >= 15 is 0 Å². The Kier molecular flexibility index (Phi) is 4.39. The molecule has 0 saturated heterocycles. The van der Waals surface area contributed by atoms with Crippen LogP contribution >= 0.6 is 0 Å². The van der Waals surface area contributed by atoms with Crippen LogP contribution in [0, 0.1) is 22.9 Å². The molecule has 7 heteroatoms. The number of carboxylic acid groups (broad SMARTS) is 1. The normalized spacial score (nSPS) is 13.4. The molecule has 6 nitrogen and oxygen atoms in total. The molecule has 0 bridgehead atoms. The van der Waals surface area contributed by atoms with Crippen molar-refractivity contribution in [2.75, 3.05) is 11.4 Å². The fraction of sp³-hybridized carbons (Fsp3) is 0.278. The minimum atomic E-state index is -1.11. The maximum absolute atomic E-state index is 13.3. The van der Waals surface area contributed by atoms with Crippen LogP contribution in [0.3, 0.4) is 0 Å². The number of aryl methyl sites for hydroxylation is 1. The van der Waals surface area contributed by atoms with Crippen molar-refractivity contribution in [3.05, 3.63) is 68.5 Å². The number of nitro groups is 1. The van der Waals surface area contributed by atoms with Crippen molar-refractivity contribution in [3.63, 3.8) is 0 Å². The molecule has 0 amide bonds. The van der Waals surface area contributed by atoms with E-state index in [-0.39, 0.29) is 17.1 Å². The number of carboxylic acids is 1. The van der Waals surface area contributed by atoms with Crippen molar-refractivity contribution in [2.45, 2.75) is 26.3 Å². The molecule has 0 unspecified atom stereocenters. The Balaban J connectivity index is 1.97. The van der Waals surface area contributed by atoms with Gasteiger partial charge >= 0.3 is 5.97 Å². The Hall–Kier alpha value is -2.96. The third kappa shape index (κ3) is 3.45. The van der Waals surface area contributed by atoms with Gasteiger partial charge in [-0.25, -0.2) is 4.39 Å². The summed E-state index contributed by atoms with van der Waals surface area (Å²) >= 11 is 0. The van der Waals surface area contributed by atoms with Gasteiger partial charge in [0.1, 0.15) is 5.82 Å². The molecule has 2 aromatic rings. The minimum absolute atomic E-state index is 0.148. The van der Waals surface area contributed by atoms with Crippen LogP contribution in [0.1, 0.15) is 22.3 Å². The number of hydrogen-bond acceptors (Lipinski definition) is 4. The van der Waals surface area contributed by atoms with Crippen molar-refractivity contribution in [3.8, 4) is 0 Å². The van der Waals surface area contributed by atoms with Crippen molar-refractivity contribution in [1.82, 2.24) is 0 Å². The molecule has 0 radical (unpaired) electrons. The standard InChI is InChI=1S/C18H17FN2O4/c1-11-6-16(8-14(9-17(22)23)18(11)21(24)25)20-5-4-12-7-15(19)3-2-13(12)10-20/h2-3,6-8H,4-5,9-10H2,1H3,(H,22,23). The average Bonchev–Trinajstić information content (AvgIpc) is 2.52. The molecular formula is C18H17FN2O4. The first-order chi connectivity index (χ1) is 11.8. The van der Waals surface area contributed by atoms with Gasteiger partial charge in [0.2, 0.25) is 0 Å². The summed E-state index contributed by atoms with van der Waals surface area (Å²) < 4.78 is 13.3. The number of benzene rings is 2. The van der Waals surface area contributed by atoms with Gasteiger partial charge in [0.25, 0.3) is 5.69 Å². The second-order valence-electron chi connectivity index (χ2n) is 6.18. The van der Waals surface area contributed by atoms with E-state index in [1.165, 1.54) is 12.1 Å². The number of carbonyl (C=O) groups is 1. The van der Waals surface area contributed by atoms with Gasteiger partial charge in [-0.2, -0.15) is 0 Å². The number of nitro benzene ring substituents is 1. The fourth-order valence-electron chi connectivity index (χ4n) is 3.32. The van der Waals surface area contributed by atoms with E-state index in [0.717, 1.165) is 16.8 Å². The first-order valence-corrected chi connectivity index (χ1v) is 7.87. The largest absolute Gasteiger partial charge is 0.481 e. The van der Waals surface area contributed by atoms with E-state index in [2.05, 4.69) is 0 Å². The molecule has 0 atom stereocenters. The van der Waals surface area contributed by atoms with Gasteiger partial charge in [-0.15, -0.1) is 0 Å². The van der Waals surface area contributed by atoms with Crippen LogP contribution in [0.25, 0.3) is 0 Å². The van der Waals surface area contributed by atoms with Crippen molar-refractivity contribution in [1.29, 1.82) is 0 Å². The van der Waals surface area contributed by atoms with Gasteiger partial charge in [-0.05, 0) is 48.7 Å². The van der Waals surface area contributed by atoms with Gasteiger partial charge in [-0.1, -0.05) is 6.07 Å². The zero-order valence-corrected chi connectivity index (χ0v) is 13.7. The summed E-state index contributed by atoms with van der Waals surface area (Å²) in [6.45, 7) is 2.81. The molecule has 3 rings (SSSR count). The number of hydrogen-bond donors (Lipinski definition) is 1. The lowest BCUT2D eigenvalue weighted by Crippen LogP contribution is -2.30. The molecule has 0 spiro atoms. The van der Waals surface area contributed by atoms with Gasteiger partial charge < -0.3 is 10.0 Å². The smallest absolute Gasteiger partial charge is 0.308 e. The van der Waals surface area contributed by atoms with Crippen molar-refractivity contribution < 1.29 is 19.2 Å². The molecule has 0 fully saturated rings. The van der Waals surface area contributed by atoms with Crippen molar-refractivity contribution >= 4 is 17.3 Å². The molecule has 130 valence electrons. The zero-order chi connectivity index (χ0) is 18.1. The topological polar surface area (TPSA) is 83.7 Å². The van der Waals surface area contributed by atoms with Crippen LogP contribution in [-0.4, -0.2) is 22.5 Å². The first kappa shape index (κ1) is 16.9. The van der Waals surface area contributed by atoms with Gasteiger partial charge in [0.05, 0.1) is 11.3 Å². The second kappa shape index (κ2) is 6.51. The molecule has 25 heavy (non-hydrogen) atoms. The third-order valence-electron chi connectivity index (χ3n) is 4.43. The Morgan fingerprint density at radius 1 is 1.32 bits per heavy atom. The summed E-state index contributed by atoms with van der Waals surface area (Å²) in [7, 11) is 0. The predicted octanol–water partition coefficient (Wildman–Crippen LogP) is 3.23. The third-order valence-corrected chi connectivity index (χ3v) is 4.43. The van der Waals surface area contributed by atoms with Crippen LogP contribution in [0.15, 0.2) is 30.3 Å². The summed E-state index contributed by atoms with van der Waals surface area (Å²) in [4.78, 5) is 23.8. The van der Waals surface area contributed by atoms with Crippen LogP contribution in [0.2, 0.25) is 0 Å². The summed E-state index contributed by atoms with van der Waals surface area (Å²) in [5, 5.41) is 20.3. The van der Waals surface area contributed by atoms with Crippen LogP contribution in [-0.2, 0) is 24.2 Å². The van der Waals surface area contributed by atoms with E-state index in [4.69, 9.17) is 5.11 Å². The Morgan fingerprint density at radius 2 is 2.08 bits per heavy atom. The zero-order valence-electron chi connectivity index (χ0n) is 13.7. The number of halogens is 1. The van der Waals surface area contributed by atoms with E-state index < -0.39 is 17.3 Å². The molecule has 0 saturated carbocycles. The lowest BCUT2D eigenvalue weighted by atomic mass is 9.97.